The zero-order valence-corrected chi connectivity index (χ0v) is 40.6. The Kier molecular flexibility index (Phi) is 15.0. The molecule has 8 rings (SSSR count). The Balaban J connectivity index is 1.11. The van der Waals surface area contributed by atoms with Crippen LogP contribution in [0.2, 0.25) is 0 Å². The van der Waals surface area contributed by atoms with E-state index in [0.29, 0.717) is 32.1 Å². The summed E-state index contributed by atoms with van der Waals surface area (Å²) in [6.45, 7) is 9.60. The van der Waals surface area contributed by atoms with Gasteiger partial charge in [-0.3, -0.25) is 0 Å². The van der Waals surface area contributed by atoms with Crippen LogP contribution in [0.1, 0.15) is 86.5 Å². The van der Waals surface area contributed by atoms with E-state index in [2.05, 4.69) is 26.8 Å². The van der Waals surface area contributed by atoms with Gasteiger partial charge in [0.25, 0.3) is 0 Å². The Morgan fingerprint density at radius 2 is 1.20 bits per heavy atom. The number of hydrogen-bond acceptors (Lipinski definition) is 21. The highest BCUT2D eigenvalue weighted by molar-refractivity contribution is 5.73. The quantitative estimate of drug-likeness (QED) is 0.0708. The van der Waals surface area contributed by atoms with Crippen LogP contribution in [0.3, 0.4) is 0 Å². The fraction of sp³-hybridized carbons (Fsp3) is 0.938. The molecule has 0 spiro atoms. The van der Waals surface area contributed by atoms with Crippen LogP contribution in [0.15, 0.2) is 11.6 Å². The molecule has 22 heteroatoms. The predicted molar refractivity (Wildman–Crippen MR) is 236 cm³/mol. The minimum absolute atomic E-state index is 0.0213. The van der Waals surface area contributed by atoms with Crippen LogP contribution in [0.25, 0.3) is 0 Å². The first kappa shape index (κ1) is 54.7. The summed E-state index contributed by atoms with van der Waals surface area (Å²) in [7, 11) is 0. The summed E-state index contributed by atoms with van der Waals surface area (Å²) in [5, 5.41) is 164. The lowest BCUT2D eigenvalue weighted by Gasteiger charge is -2.72. The Labute approximate surface area is 406 Å². The van der Waals surface area contributed by atoms with Crippen molar-refractivity contribution in [1.82, 2.24) is 0 Å². The van der Waals surface area contributed by atoms with Gasteiger partial charge in [0, 0.05) is 5.41 Å². The Morgan fingerprint density at radius 3 is 1.73 bits per heavy atom. The van der Waals surface area contributed by atoms with Gasteiger partial charge in [0.15, 0.2) is 25.0 Å². The second kappa shape index (κ2) is 19.2. The molecule has 3 aliphatic heterocycles. The topological polar surface area (TPSA) is 376 Å². The average molecular weight is 1010 g/mol. The lowest BCUT2D eigenvalue weighted by Crippen LogP contribution is -2.72. The first-order valence-electron chi connectivity index (χ1n) is 24.8. The van der Waals surface area contributed by atoms with Crippen LogP contribution in [0.5, 0.6) is 0 Å². The summed E-state index contributed by atoms with van der Waals surface area (Å²) in [6.07, 6.45) is -27.6. The van der Waals surface area contributed by atoms with Gasteiger partial charge >= 0.3 is 5.97 Å². The van der Waals surface area contributed by atoms with Crippen molar-refractivity contribution in [2.24, 2.45) is 50.2 Å². The van der Waals surface area contributed by atoms with Crippen molar-refractivity contribution in [1.29, 1.82) is 0 Å². The molecule has 5 aliphatic carbocycles. The van der Waals surface area contributed by atoms with Crippen LogP contribution < -0.4 is 0 Å². The summed E-state index contributed by atoms with van der Waals surface area (Å²) in [6, 6.07) is 0. The van der Waals surface area contributed by atoms with E-state index in [0.717, 1.165) is 5.57 Å². The van der Waals surface area contributed by atoms with Crippen molar-refractivity contribution in [3.8, 4) is 0 Å². The molecule has 22 nitrogen and oxygen atoms in total. The lowest BCUT2D eigenvalue weighted by atomic mass is 9.33. The normalized spacial score (nSPS) is 55.6. The molecule has 3 heterocycles. The molecule has 0 bridgehead atoms. The van der Waals surface area contributed by atoms with Crippen molar-refractivity contribution < 1.29 is 110 Å². The number of aliphatic hydroxyl groups excluding tert-OH is 14. The van der Waals surface area contributed by atoms with E-state index >= 15 is 0 Å². The van der Waals surface area contributed by atoms with Gasteiger partial charge < -0.3 is 105 Å². The number of hydrogen-bond donors (Lipinski definition) is 15. The third-order valence-electron chi connectivity index (χ3n) is 19.8. The molecule has 402 valence electrons. The minimum atomic E-state index is -2.15. The molecule has 4 saturated carbocycles. The number of carboxylic acid groups (broad SMARTS) is 1. The second-order valence-corrected chi connectivity index (χ2v) is 23.6. The van der Waals surface area contributed by atoms with Gasteiger partial charge in [-0.05, 0) is 84.4 Å². The highest BCUT2D eigenvalue weighted by Gasteiger charge is 2.73. The molecular weight excluding hydrogens is 929 g/mol. The number of carbonyl (C=O) groups is 1. The first-order chi connectivity index (χ1) is 32.7. The largest absolute Gasteiger partial charge is 0.479 e. The zero-order chi connectivity index (χ0) is 51.6. The number of carboxylic acids is 1. The summed E-state index contributed by atoms with van der Waals surface area (Å²) in [5.41, 5.74) is -3.63. The lowest BCUT2D eigenvalue weighted by molar-refractivity contribution is -0.392. The maximum absolute atomic E-state index is 13.0. The number of fused-ring (bicyclic) bond motifs is 7. The summed E-state index contributed by atoms with van der Waals surface area (Å²) < 4.78 is 35.7. The highest BCUT2D eigenvalue weighted by Crippen LogP contribution is 2.76. The van der Waals surface area contributed by atoms with Crippen molar-refractivity contribution in [2.75, 3.05) is 26.4 Å². The molecule has 70 heavy (non-hydrogen) atoms. The van der Waals surface area contributed by atoms with Gasteiger partial charge in [0.05, 0.1) is 56.3 Å². The van der Waals surface area contributed by atoms with Crippen LogP contribution in [0.4, 0.5) is 0 Å². The van der Waals surface area contributed by atoms with E-state index in [9.17, 15) is 81.4 Å². The zero-order valence-electron chi connectivity index (χ0n) is 40.6. The summed E-state index contributed by atoms with van der Waals surface area (Å²) >= 11 is 0. The van der Waals surface area contributed by atoms with Crippen molar-refractivity contribution in [3.05, 3.63) is 11.6 Å². The molecule has 0 aromatic carbocycles. The molecule has 0 radical (unpaired) electrons. The third-order valence-corrected chi connectivity index (χ3v) is 19.8. The van der Waals surface area contributed by atoms with Gasteiger partial charge in [0.2, 0.25) is 0 Å². The molecule has 16 unspecified atom stereocenters. The molecule has 3 saturated heterocycles. The maximum Gasteiger partial charge on any atom is 0.335 e. The van der Waals surface area contributed by atoms with Crippen molar-refractivity contribution >= 4 is 5.97 Å². The monoisotopic (exact) mass is 1010 g/mol. The number of aliphatic hydroxyl groups is 14. The maximum atomic E-state index is 13.0. The van der Waals surface area contributed by atoms with E-state index in [1.165, 1.54) is 0 Å². The van der Waals surface area contributed by atoms with Crippen LogP contribution >= 0.6 is 0 Å². The van der Waals surface area contributed by atoms with E-state index in [1.54, 1.807) is 0 Å². The van der Waals surface area contributed by atoms with Gasteiger partial charge in [0.1, 0.15) is 67.1 Å². The molecule has 15 N–H and O–H groups in total. The molecule has 27 atom stereocenters. The number of allylic oxidation sites excluding steroid dienone is 2. The number of rotatable bonds is 11. The van der Waals surface area contributed by atoms with Crippen molar-refractivity contribution in [2.45, 2.75) is 203 Å². The fourth-order valence-corrected chi connectivity index (χ4v) is 15.4. The molecular formula is C48H78O22. The van der Waals surface area contributed by atoms with Crippen LogP contribution in [-0.4, -0.2) is 226 Å². The number of aliphatic carboxylic acids is 1. The van der Waals surface area contributed by atoms with E-state index in [1.807, 2.05) is 20.8 Å². The highest BCUT2D eigenvalue weighted by atomic mass is 16.8. The third kappa shape index (κ3) is 8.00. The van der Waals surface area contributed by atoms with Crippen molar-refractivity contribution in [3.63, 3.8) is 0 Å². The Morgan fingerprint density at radius 1 is 0.629 bits per heavy atom. The summed E-state index contributed by atoms with van der Waals surface area (Å²) in [5.74, 6) is -2.40. The molecule has 0 aromatic heterocycles. The smallest absolute Gasteiger partial charge is 0.335 e. The van der Waals surface area contributed by atoms with Gasteiger partial charge in [-0.25, -0.2) is 4.79 Å². The predicted octanol–water partition coefficient (Wildman–Crippen LogP) is -3.41. The van der Waals surface area contributed by atoms with Gasteiger partial charge in [-0.15, -0.1) is 0 Å². The minimum Gasteiger partial charge on any atom is -0.479 e. The second-order valence-electron chi connectivity index (χ2n) is 23.6. The molecule has 8 aliphatic rings. The van der Waals surface area contributed by atoms with Gasteiger partial charge in [-0.2, -0.15) is 0 Å². The first-order valence-corrected chi connectivity index (χ1v) is 24.8. The summed E-state index contributed by atoms with van der Waals surface area (Å²) in [4.78, 5) is 13.0. The van der Waals surface area contributed by atoms with E-state index < -0.39 is 187 Å². The Hall–Kier alpha value is -1.59. The fourth-order valence-electron chi connectivity index (χ4n) is 15.4. The standard InChI is InChI=1S/C48H78O22/c1-43(2)13-20-19-7-8-24-44(3)11-10-26(45(4,17-51)23(44)9-12-46(24,5)47(19,6)14-25(53)48(20,18-52)38(62)37(43)61)67-42-35(69-41-32(59)30(57)28(55)22(16-50)66-41)33(60)34(36(70-42)39(63)64)68-40-31(58)29(56)27(54)21(15-49)65-40/h7,20-38,40-42,49-62H,8-18H2,1-6H3,(H,63,64)/t20-,21?,22?,23-,24+,25?,26?,27?,28?,29?,30?,31?,32?,33?,34?,35?,36?,37?,38?,40-,41-,42-,44+,45+,46-,47-,48-/m1/s1. The van der Waals surface area contributed by atoms with Crippen LogP contribution in [0, 0.1) is 50.2 Å². The molecule has 0 aromatic rings. The Bertz CT molecular complexity index is 1920. The number of ether oxygens (including phenoxy) is 6. The molecule has 0 amide bonds. The van der Waals surface area contributed by atoms with E-state index in [-0.39, 0.29) is 24.7 Å². The van der Waals surface area contributed by atoms with E-state index in [4.69, 9.17) is 28.4 Å². The molecule has 7 fully saturated rings. The van der Waals surface area contributed by atoms with Gasteiger partial charge in [-0.1, -0.05) is 53.2 Å². The SMILES string of the molecule is CC1(C)C[C@@H]2C3=CC[C@H]4[C@@]5(C)CCC(O[C@@H]6OC(C(=O)O)C(O[C@H]7OC(CO)C(O)C(O)C7O)C(O)C6O[C@H]6OC(CO)C(O)C(O)C6O)[C@@](C)(CO)[C@@H]5CC[C@@]4(C)[C@]3(C)CC(O)[C@]2(CO)C(O)C1O. The van der Waals surface area contributed by atoms with Crippen LogP contribution in [-0.2, 0) is 33.2 Å². The average Bonchev–Trinajstić information content (AvgIpc) is 3.31.